The Morgan fingerprint density at radius 2 is 2.07 bits per heavy atom. The van der Waals surface area contributed by atoms with Crippen LogP contribution in [-0.2, 0) is 0 Å². The molecular formula is C11H20N4. The van der Waals surface area contributed by atoms with Crippen LogP contribution in [0.1, 0.15) is 26.0 Å². The van der Waals surface area contributed by atoms with Crippen molar-refractivity contribution >= 4 is 11.8 Å². The van der Waals surface area contributed by atoms with E-state index in [1.54, 1.807) is 0 Å². The van der Waals surface area contributed by atoms with E-state index in [0.29, 0.717) is 0 Å². The van der Waals surface area contributed by atoms with Crippen molar-refractivity contribution in [3.63, 3.8) is 0 Å². The highest BCUT2D eigenvalue weighted by molar-refractivity contribution is 5.43. The van der Waals surface area contributed by atoms with Crippen LogP contribution in [0.4, 0.5) is 11.8 Å². The Bertz CT molecular complexity index is 311. The smallest absolute Gasteiger partial charge is 0.224 e. The van der Waals surface area contributed by atoms with E-state index < -0.39 is 0 Å². The van der Waals surface area contributed by atoms with Gasteiger partial charge in [-0.25, -0.2) is 4.98 Å². The Balaban J connectivity index is 2.87. The number of aryl methyl sites for hydroxylation is 1. The molecule has 0 aliphatic heterocycles. The number of rotatable bonds is 5. The molecule has 0 unspecified atom stereocenters. The molecule has 4 nitrogen and oxygen atoms in total. The Morgan fingerprint density at radius 1 is 1.33 bits per heavy atom. The Morgan fingerprint density at radius 3 is 2.67 bits per heavy atom. The van der Waals surface area contributed by atoms with E-state index in [0.717, 1.165) is 37.0 Å². The summed E-state index contributed by atoms with van der Waals surface area (Å²) in [4.78, 5) is 10.9. The fraction of sp³-hybridized carbons (Fsp3) is 0.636. The minimum atomic E-state index is 0.718. The lowest BCUT2D eigenvalue weighted by Gasteiger charge is -2.18. The molecule has 0 spiro atoms. The maximum Gasteiger partial charge on any atom is 0.224 e. The summed E-state index contributed by atoms with van der Waals surface area (Å²) in [6.45, 7) is 8.06. The molecule has 84 valence electrons. The van der Waals surface area contributed by atoms with Crippen molar-refractivity contribution in [2.24, 2.45) is 0 Å². The first-order chi connectivity index (χ1) is 7.17. The van der Waals surface area contributed by atoms with Gasteiger partial charge in [0.25, 0.3) is 0 Å². The summed E-state index contributed by atoms with van der Waals surface area (Å²) >= 11 is 0. The second kappa shape index (κ2) is 5.53. The van der Waals surface area contributed by atoms with Crippen LogP contribution in [-0.4, -0.2) is 30.1 Å². The Kier molecular flexibility index (Phi) is 4.34. The van der Waals surface area contributed by atoms with Crippen molar-refractivity contribution in [2.75, 3.05) is 30.4 Å². The van der Waals surface area contributed by atoms with Crippen molar-refractivity contribution < 1.29 is 0 Å². The second-order valence-corrected chi connectivity index (χ2v) is 3.64. The molecule has 0 amide bonds. The molecule has 4 heteroatoms. The molecule has 1 N–H and O–H groups in total. The number of aromatic nitrogens is 2. The van der Waals surface area contributed by atoms with Crippen molar-refractivity contribution in [1.82, 2.24) is 9.97 Å². The molecule has 0 aliphatic carbocycles. The fourth-order valence-corrected chi connectivity index (χ4v) is 1.43. The van der Waals surface area contributed by atoms with Gasteiger partial charge in [-0.3, -0.25) is 0 Å². The van der Waals surface area contributed by atoms with Gasteiger partial charge >= 0.3 is 0 Å². The van der Waals surface area contributed by atoms with E-state index in [2.05, 4.69) is 34.2 Å². The van der Waals surface area contributed by atoms with E-state index in [9.17, 15) is 0 Å². The van der Waals surface area contributed by atoms with Crippen LogP contribution in [0, 0.1) is 6.92 Å². The van der Waals surface area contributed by atoms with E-state index in [1.807, 2.05) is 19.9 Å². The molecule has 15 heavy (non-hydrogen) atoms. The minimum absolute atomic E-state index is 0.718. The molecule has 0 radical (unpaired) electrons. The highest BCUT2D eigenvalue weighted by atomic mass is 15.2. The van der Waals surface area contributed by atoms with Gasteiger partial charge in [0, 0.05) is 31.9 Å². The second-order valence-electron chi connectivity index (χ2n) is 3.64. The van der Waals surface area contributed by atoms with Crippen molar-refractivity contribution in [3.8, 4) is 0 Å². The quantitative estimate of drug-likeness (QED) is 0.804. The van der Waals surface area contributed by atoms with Crippen LogP contribution in [0.25, 0.3) is 0 Å². The van der Waals surface area contributed by atoms with Crippen molar-refractivity contribution in [2.45, 2.75) is 27.2 Å². The molecule has 1 rings (SSSR count). The van der Waals surface area contributed by atoms with Gasteiger partial charge < -0.3 is 10.2 Å². The third-order valence-corrected chi connectivity index (χ3v) is 2.13. The highest BCUT2D eigenvalue weighted by Crippen LogP contribution is 2.13. The summed E-state index contributed by atoms with van der Waals surface area (Å²) < 4.78 is 0. The van der Waals surface area contributed by atoms with Gasteiger partial charge in [-0.05, 0) is 20.3 Å². The molecule has 0 aliphatic rings. The van der Waals surface area contributed by atoms with Gasteiger partial charge in [0.2, 0.25) is 5.95 Å². The molecule has 0 saturated carbocycles. The van der Waals surface area contributed by atoms with E-state index >= 15 is 0 Å². The lowest BCUT2D eigenvalue weighted by atomic mass is 10.4. The summed E-state index contributed by atoms with van der Waals surface area (Å²) in [6.07, 6.45) is 1.12. The minimum Gasteiger partial charge on any atom is -0.360 e. The van der Waals surface area contributed by atoms with E-state index in [-0.39, 0.29) is 0 Å². The molecule has 0 aromatic carbocycles. The highest BCUT2D eigenvalue weighted by Gasteiger charge is 2.04. The van der Waals surface area contributed by atoms with Gasteiger partial charge in [0.05, 0.1) is 0 Å². The number of nitrogens with zero attached hydrogens (tertiary/aromatic N) is 3. The van der Waals surface area contributed by atoms with Crippen LogP contribution >= 0.6 is 0 Å². The lowest BCUT2D eigenvalue weighted by Crippen LogP contribution is -2.20. The van der Waals surface area contributed by atoms with Gasteiger partial charge in [0.15, 0.2) is 0 Å². The topological polar surface area (TPSA) is 41.1 Å². The van der Waals surface area contributed by atoms with E-state index in [4.69, 9.17) is 0 Å². The number of hydrogen-bond acceptors (Lipinski definition) is 4. The van der Waals surface area contributed by atoms with Crippen LogP contribution < -0.4 is 10.2 Å². The summed E-state index contributed by atoms with van der Waals surface area (Å²) in [5.41, 5.74) is 0.999. The predicted octanol–water partition coefficient (Wildman–Crippen LogP) is 2.06. The normalized spacial score (nSPS) is 10.1. The summed E-state index contributed by atoms with van der Waals surface area (Å²) in [5.74, 6) is 1.70. The zero-order chi connectivity index (χ0) is 11.3. The average Bonchev–Trinajstić information content (AvgIpc) is 2.17. The first-order valence-electron chi connectivity index (χ1n) is 5.48. The van der Waals surface area contributed by atoms with Crippen LogP contribution in [0.3, 0.4) is 0 Å². The van der Waals surface area contributed by atoms with Gasteiger partial charge in [-0.1, -0.05) is 6.92 Å². The van der Waals surface area contributed by atoms with Crippen LogP contribution in [0.2, 0.25) is 0 Å². The van der Waals surface area contributed by atoms with Gasteiger partial charge in [-0.2, -0.15) is 4.98 Å². The maximum absolute atomic E-state index is 4.45. The molecule has 1 heterocycles. The van der Waals surface area contributed by atoms with E-state index in [1.165, 1.54) is 0 Å². The number of hydrogen-bond donors (Lipinski definition) is 1. The molecule has 0 fully saturated rings. The third-order valence-electron chi connectivity index (χ3n) is 2.13. The molecule has 0 atom stereocenters. The molecule has 1 aromatic heterocycles. The van der Waals surface area contributed by atoms with Crippen LogP contribution in [0.5, 0.6) is 0 Å². The van der Waals surface area contributed by atoms with Crippen molar-refractivity contribution in [1.29, 1.82) is 0 Å². The van der Waals surface area contributed by atoms with Gasteiger partial charge in [0.1, 0.15) is 5.82 Å². The Labute approximate surface area is 91.7 Å². The zero-order valence-corrected chi connectivity index (χ0v) is 10.0. The fourth-order valence-electron chi connectivity index (χ4n) is 1.43. The standard InChI is InChI=1S/C11H20N4/c1-5-7-15(4)10-8-9(3)13-11(14-10)12-6-2/h8H,5-7H2,1-4H3,(H,12,13,14). The summed E-state index contributed by atoms with van der Waals surface area (Å²) in [5, 5.41) is 3.14. The monoisotopic (exact) mass is 208 g/mol. The van der Waals surface area contributed by atoms with Gasteiger partial charge in [-0.15, -0.1) is 0 Å². The summed E-state index contributed by atoms with van der Waals surface area (Å²) in [6, 6.07) is 2.01. The number of nitrogens with one attached hydrogen (secondary N) is 1. The lowest BCUT2D eigenvalue weighted by molar-refractivity contribution is 0.832. The first kappa shape index (κ1) is 11.8. The molecule has 0 saturated heterocycles. The largest absolute Gasteiger partial charge is 0.360 e. The molecule has 1 aromatic rings. The SMILES string of the molecule is CCCN(C)c1cc(C)nc(NCC)n1. The third kappa shape index (κ3) is 3.38. The molecular weight excluding hydrogens is 188 g/mol. The summed E-state index contributed by atoms with van der Waals surface area (Å²) in [7, 11) is 2.06. The average molecular weight is 208 g/mol. The predicted molar refractivity (Wildman–Crippen MR) is 64.5 cm³/mol. The zero-order valence-electron chi connectivity index (χ0n) is 10.0. The van der Waals surface area contributed by atoms with Crippen molar-refractivity contribution in [3.05, 3.63) is 11.8 Å². The Hall–Kier alpha value is -1.32. The van der Waals surface area contributed by atoms with Crippen LogP contribution in [0.15, 0.2) is 6.07 Å². The number of anilines is 2. The maximum atomic E-state index is 4.45. The first-order valence-corrected chi connectivity index (χ1v) is 5.48. The molecule has 0 bridgehead atoms.